The first kappa shape index (κ1) is 14.4. The summed E-state index contributed by atoms with van der Waals surface area (Å²) in [5, 5.41) is 16.1. The second-order valence-corrected chi connectivity index (χ2v) is 6.74. The number of anilines is 1. The molecule has 0 amide bonds. The van der Waals surface area contributed by atoms with E-state index in [2.05, 4.69) is 32.6 Å². The van der Waals surface area contributed by atoms with Gasteiger partial charge in [-0.05, 0) is 24.8 Å². The van der Waals surface area contributed by atoms with Crippen LogP contribution in [0.4, 0.5) is 5.82 Å². The number of rotatable bonds is 5. The molecule has 0 aliphatic rings. The molecule has 0 aromatic carbocycles. The summed E-state index contributed by atoms with van der Waals surface area (Å²) in [7, 11) is 0. The van der Waals surface area contributed by atoms with Crippen LogP contribution >= 0.6 is 22.7 Å². The molecule has 21 heavy (non-hydrogen) atoms. The lowest BCUT2D eigenvalue weighted by Crippen LogP contribution is -2.26. The van der Waals surface area contributed by atoms with E-state index in [1.165, 1.54) is 0 Å². The highest BCUT2D eigenvalue weighted by Gasteiger charge is 2.15. The summed E-state index contributed by atoms with van der Waals surface area (Å²) in [6.45, 7) is 3.99. The van der Waals surface area contributed by atoms with Gasteiger partial charge in [-0.2, -0.15) is 0 Å². The number of nitrogens with one attached hydrogen (secondary N) is 1. The first-order chi connectivity index (χ1) is 10.2. The van der Waals surface area contributed by atoms with Crippen LogP contribution in [-0.2, 0) is 6.42 Å². The third-order valence-corrected chi connectivity index (χ3v) is 5.01. The Hall–Kier alpha value is -1.57. The molecule has 3 aromatic heterocycles. The van der Waals surface area contributed by atoms with Crippen molar-refractivity contribution in [2.75, 3.05) is 11.9 Å². The number of aromatic nitrogens is 3. The highest BCUT2D eigenvalue weighted by Crippen LogP contribution is 2.29. The van der Waals surface area contributed by atoms with Crippen LogP contribution in [0.2, 0.25) is 0 Å². The topological polar surface area (TPSA) is 70.9 Å². The second kappa shape index (κ2) is 6.05. The molecule has 0 fully saturated rings. The number of hydrogen-bond acceptors (Lipinski definition) is 7. The number of hydrogen-bond donors (Lipinski definition) is 2. The first-order valence-corrected chi connectivity index (χ1v) is 8.40. The van der Waals surface area contributed by atoms with Crippen LogP contribution in [0.5, 0.6) is 0 Å². The number of thiazole rings is 1. The third-order valence-electron chi connectivity index (χ3n) is 3.22. The molecule has 0 saturated carbocycles. The maximum Gasteiger partial charge on any atom is 0.139 e. The molecular formula is C14H16N4OS2. The van der Waals surface area contributed by atoms with E-state index in [1.807, 2.05) is 13.1 Å². The van der Waals surface area contributed by atoms with Crippen LogP contribution in [0.15, 0.2) is 17.1 Å². The molecule has 2 N–H and O–H groups in total. The molecule has 0 radical (unpaired) electrons. The Labute approximate surface area is 130 Å². The SMILES string of the molecule is Cc1nc(NC(CO)Cc2cncs2)c2c(C)csc2n1. The molecule has 0 spiro atoms. The van der Waals surface area contributed by atoms with Crippen LogP contribution < -0.4 is 5.32 Å². The predicted octanol–water partition coefficient (Wildman–Crippen LogP) is 2.78. The quantitative estimate of drug-likeness (QED) is 0.756. The first-order valence-electron chi connectivity index (χ1n) is 6.64. The van der Waals surface area contributed by atoms with E-state index >= 15 is 0 Å². The molecule has 0 aliphatic carbocycles. The number of thiophene rings is 1. The van der Waals surface area contributed by atoms with Crippen molar-refractivity contribution < 1.29 is 5.11 Å². The van der Waals surface area contributed by atoms with Crippen LogP contribution in [0, 0.1) is 13.8 Å². The van der Waals surface area contributed by atoms with E-state index in [0.29, 0.717) is 0 Å². The van der Waals surface area contributed by atoms with Crippen molar-refractivity contribution in [2.45, 2.75) is 26.3 Å². The summed E-state index contributed by atoms with van der Waals surface area (Å²) < 4.78 is 0. The molecule has 110 valence electrons. The molecule has 3 rings (SSSR count). The van der Waals surface area contributed by atoms with Gasteiger partial charge in [-0.15, -0.1) is 22.7 Å². The maximum atomic E-state index is 9.63. The molecule has 0 aliphatic heterocycles. The number of aliphatic hydroxyl groups excluding tert-OH is 1. The van der Waals surface area contributed by atoms with E-state index in [1.54, 1.807) is 28.2 Å². The zero-order chi connectivity index (χ0) is 14.8. The Morgan fingerprint density at radius 3 is 2.86 bits per heavy atom. The van der Waals surface area contributed by atoms with Crippen molar-refractivity contribution in [2.24, 2.45) is 0 Å². The van der Waals surface area contributed by atoms with Gasteiger partial charge in [0.15, 0.2) is 0 Å². The number of aliphatic hydroxyl groups is 1. The van der Waals surface area contributed by atoms with Gasteiger partial charge in [-0.3, -0.25) is 4.98 Å². The lowest BCUT2D eigenvalue weighted by atomic mass is 10.2. The number of fused-ring (bicyclic) bond motifs is 1. The van der Waals surface area contributed by atoms with Gasteiger partial charge in [0, 0.05) is 17.5 Å². The fourth-order valence-corrected chi connectivity index (χ4v) is 3.88. The summed E-state index contributed by atoms with van der Waals surface area (Å²) in [5.74, 6) is 1.54. The summed E-state index contributed by atoms with van der Waals surface area (Å²) in [6.07, 6.45) is 2.57. The van der Waals surface area contributed by atoms with Crippen molar-refractivity contribution >= 4 is 38.7 Å². The van der Waals surface area contributed by atoms with Gasteiger partial charge in [-0.1, -0.05) is 0 Å². The molecular weight excluding hydrogens is 304 g/mol. The van der Waals surface area contributed by atoms with Crippen LogP contribution in [0.25, 0.3) is 10.2 Å². The summed E-state index contributed by atoms with van der Waals surface area (Å²) in [4.78, 5) is 15.2. The molecule has 5 nitrogen and oxygen atoms in total. The number of aryl methyl sites for hydroxylation is 2. The largest absolute Gasteiger partial charge is 0.394 e. The lowest BCUT2D eigenvalue weighted by molar-refractivity contribution is 0.274. The van der Waals surface area contributed by atoms with Gasteiger partial charge < -0.3 is 10.4 Å². The zero-order valence-corrected chi connectivity index (χ0v) is 13.5. The molecule has 0 bridgehead atoms. The normalized spacial score (nSPS) is 12.7. The van der Waals surface area contributed by atoms with Crippen molar-refractivity contribution in [3.63, 3.8) is 0 Å². The van der Waals surface area contributed by atoms with Gasteiger partial charge in [-0.25, -0.2) is 9.97 Å². The van der Waals surface area contributed by atoms with E-state index in [0.717, 1.165) is 38.7 Å². The Morgan fingerprint density at radius 2 is 2.14 bits per heavy atom. The highest BCUT2D eigenvalue weighted by atomic mass is 32.1. The summed E-state index contributed by atoms with van der Waals surface area (Å²) >= 11 is 3.22. The smallest absolute Gasteiger partial charge is 0.139 e. The predicted molar refractivity (Wildman–Crippen MR) is 87.2 cm³/mol. The fourth-order valence-electron chi connectivity index (χ4n) is 2.24. The average Bonchev–Trinajstić information content (AvgIpc) is 3.08. The molecule has 1 atom stereocenters. The molecule has 3 heterocycles. The number of nitrogens with zero attached hydrogens (tertiary/aromatic N) is 3. The minimum absolute atomic E-state index is 0.0473. The fraction of sp³-hybridized carbons (Fsp3) is 0.357. The average molecular weight is 320 g/mol. The highest BCUT2D eigenvalue weighted by molar-refractivity contribution is 7.17. The van der Waals surface area contributed by atoms with Crippen molar-refractivity contribution in [3.05, 3.63) is 33.4 Å². The van der Waals surface area contributed by atoms with Crippen molar-refractivity contribution in [1.82, 2.24) is 15.0 Å². The van der Waals surface area contributed by atoms with E-state index in [9.17, 15) is 5.11 Å². The Kier molecular flexibility index (Phi) is 4.14. The summed E-state index contributed by atoms with van der Waals surface area (Å²) in [6, 6.07) is -0.0813. The Balaban J connectivity index is 1.90. The van der Waals surface area contributed by atoms with Gasteiger partial charge in [0.25, 0.3) is 0 Å². The van der Waals surface area contributed by atoms with E-state index < -0.39 is 0 Å². The van der Waals surface area contributed by atoms with Crippen LogP contribution in [0.1, 0.15) is 16.3 Å². The monoisotopic (exact) mass is 320 g/mol. The maximum absolute atomic E-state index is 9.63. The molecule has 0 saturated heterocycles. The van der Waals surface area contributed by atoms with Crippen LogP contribution in [-0.4, -0.2) is 32.7 Å². The molecule has 3 aromatic rings. The van der Waals surface area contributed by atoms with E-state index in [-0.39, 0.29) is 12.6 Å². The van der Waals surface area contributed by atoms with E-state index in [4.69, 9.17) is 0 Å². The molecule has 1 unspecified atom stereocenters. The standard InChI is InChI=1S/C14H16N4OS2/c1-8-6-20-14-12(8)13(16-9(2)17-14)18-10(5-19)3-11-4-15-7-21-11/h4,6-7,10,19H,3,5H2,1-2H3,(H,16,17,18). The Morgan fingerprint density at radius 1 is 1.29 bits per heavy atom. The lowest BCUT2D eigenvalue weighted by Gasteiger charge is -2.17. The van der Waals surface area contributed by atoms with Gasteiger partial charge in [0.05, 0.1) is 23.5 Å². The van der Waals surface area contributed by atoms with Crippen LogP contribution in [0.3, 0.4) is 0 Å². The zero-order valence-electron chi connectivity index (χ0n) is 11.8. The van der Waals surface area contributed by atoms with Crippen molar-refractivity contribution in [1.29, 1.82) is 0 Å². The van der Waals surface area contributed by atoms with Gasteiger partial charge in [0.1, 0.15) is 16.5 Å². The Bertz CT molecular complexity index is 739. The van der Waals surface area contributed by atoms with Gasteiger partial charge >= 0.3 is 0 Å². The minimum Gasteiger partial charge on any atom is -0.394 e. The summed E-state index contributed by atoms with van der Waals surface area (Å²) in [5.41, 5.74) is 2.96. The third kappa shape index (κ3) is 3.04. The molecule has 7 heteroatoms. The van der Waals surface area contributed by atoms with Crippen molar-refractivity contribution in [3.8, 4) is 0 Å². The second-order valence-electron chi connectivity index (χ2n) is 4.91. The van der Waals surface area contributed by atoms with Gasteiger partial charge in [0.2, 0.25) is 0 Å². The minimum atomic E-state index is -0.0813.